The van der Waals surface area contributed by atoms with Crippen LogP contribution >= 0.6 is 0 Å². The SMILES string of the molecule is CCOCc1ccc(C(=O)N2CCCC(c3ncc(C(=O)N4CCCC4)c(C)n3)C2)cc1. The average molecular weight is 437 g/mol. The van der Waals surface area contributed by atoms with E-state index >= 15 is 0 Å². The lowest BCUT2D eigenvalue weighted by Gasteiger charge is -2.32. The van der Waals surface area contributed by atoms with Crippen LogP contribution in [0.25, 0.3) is 0 Å². The Balaban J connectivity index is 1.42. The normalized spacial score (nSPS) is 18.8. The van der Waals surface area contributed by atoms with Crippen molar-refractivity contribution in [2.45, 2.75) is 52.1 Å². The van der Waals surface area contributed by atoms with E-state index in [1.807, 2.05) is 47.9 Å². The summed E-state index contributed by atoms with van der Waals surface area (Å²) in [5, 5.41) is 0. The molecule has 2 aromatic rings. The van der Waals surface area contributed by atoms with Crippen molar-refractivity contribution in [1.29, 1.82) is 0 Å². The molecule has 0 N–H and O–H groups in total. The van der Waals surface area contributed by atoms with Gasteiger partial charge in [0, 0.05) is 50.5 Å². The molecule has 2 fully saturated rings. The number of aryl methyl sites for hydroxylation is 1. The van der Waals surface area contributed by atoms with Crippen molar-refractivity contribution >= 4 is 11.8 Å². The summed E-state index contributed by atoms with van der Waals surface area (Å²) in [6.45, 7) is 8.03. The number of piperidine rings is 1. The number of carbonyl (C=O) groups is 2. The van der Waals surface area contributed by atoms with Gasteiger partial charge >= 0.3 is 0 Å². The molecule has 2 aliphatic rings. The molecule has 0 saturated carbocycles. The highest BCUT2D eigenvalue weighted by atomic mass is 16.5. The Hall–Kier alpha value is -2.80. The highest BCUT2D eigenvalue weighted by molar-refractivity contribution is 5.95. The molecule has 0 bridgehead atoms. The summed E-state index contributed by atoms with van der Waals surface area (Å²) in [6.07, 6.45) is 5.65. The van der Waals surface area contributed by atoms with E-state index in [1.54, 1.807) is 6.20 Å². The molecule has 1 atom stereocenters. The minimum atomic E-state index is 0.0276. The van der Waals surface area contributed by atoms with Gasteiger partial charge in [0.25, 0.3) is 11.8 Å². The molecule has 2 saturated heterocycles. The highest BCUT2D eigenvalue weighted by Crippen LogP contribution is 2.26. The van der Waals surface area contributed by atoms with Crippen LogP contribution < -0.4 is 0 Å². The minimum Gasteiger partial charge on any atom is -0.377 e. The van der Waals surface area contributed by atoms with Gasteiger partial charge in [-0.1, -0.05) is 12.1 Å². The van der Waals surface area contributed by atoms with Crippen LogP contribution in [0.1, 0.15) is 76.3 Å². The van der Waals surface area contributed by atoms with E-state index in [4.69, 9.17) is 4.74 Å². The number of nitrogens with zero attached hydrogens (tertiary/aromatic N) is 4. The summed E-state index contributed by atoms with van der Waals surface area (Å²) in [4.78, 5) is 38.8. The largest absolute Gasteiger partial charge is 0.377 e. The molecule has 3 heterocycles. The standard InChI is InChI=1S/C25H32N4O3/c1-3-32-17-19-8-10-20(11-9-19)24(30)29-14-6-7-21(16-29)23-26-15-22(18(2)27-23)25(31)28-12-4-5-13-28/h8-11,15,21H,3-7,12-14,16-17H2,1-2H3. The summed E-state index contributed by atoms with van der Waals surface area (Å²) >= 11 is 0. The lowest BCUT2D eigenvalue weighted by Crippen LogP contribution is -2.39. The summed E-state index contributed by atoms with van der Waals surface area (Å²) in [5.41, 5.74) is 3.06. The Bertz CT molecular complexity index is 954. The van der Waals surface area contributed by atoms with Gasteiger partial charge in [-0.25, -0.2) is 9.97 Å². The maximum absolute atomic E-state index is 13.1. The molecule has 1 aromatic carbocycles. The first-order chi connectivity index (χ1) is 15.6. The Labute approximate surface area is 189 Å². The Morgan fingerprint density at radius 2 is 1.75 bits per heavy atom. The molecule has 170 valence electrons. The Kier molecular flexibility index (Phi) is 7.15. The lowest BCUT2D eigenvalue weighted by atomic mass is 9.96. The monoisotopic (exact) mass is 436 g/mol. The number of likely N-dealkylation sites (tertiary alicyclic amines) is 2. The van der Waals surface area contributed by atoms with Crippen molar-refractivity contribution in [2.24, 2.45) is 0 Å². The van der Waals surface area contributed by atoms with E-state index < -0.39 is 0 Å². The van der Waals surface area contributed by atoms with Crippen LogP contribution in [0, 0.1) is 6.92 Å². The number of carbonyl (C=O) groups excluding carboxylic acids is 2. The predicted molar refractivity (Wildman–Crippen MR) is 122 cm³/mol. The second kappa shape index (κ2) is 10.2. The fourth-order valence-electron chi connectivity index (χ4n) is 4.50. The molecule has 0 aliphatic carbocycles. The van der Waals surface area contributed by atoms with Gasteiger partial charge in [-0.15, -0.1) is 0 Å². The fraction of sp³-hybridized carbons (Fsp3) is 0.520. The molecule has 4 rings (SSSR count). The van der Waals surface area contributed by atoms with Gasteiger partial charge in [0.15, 0.2) is 0 Å². The molecule has 0 spiro atoms. The average Bonchev–Trinajstić information content (AvgIpc) is 3.37. The van der Waals surface area contributed by atoms with Crippen LogP contribution in [-0.2, 0) is 11.3 Å². The number of aromatic nitrogens is 2. The third-order valence-corrected chi connectivity index (χ3v) is 6.37. The van der Waals surface area contributed by atoms with Crippen LogP contribution in [0.4, 0.5) is 0 Å². The zero-order valence-electron chi connectivity index (χ0n) is 19.0. The molecule has 32 heavy (non-hydrogen) atoms. The van der Waals surface area contributed by atoms with Gasteiger partial charge in [-0.2, -0.15) is 0 Å². The molecule has 0 radical (unpaired) electrons. The zero-order chi connectivity index (χ0) is 22.5. The molecule has 7 heteroatoms. The first-order valence-electron chi connectivity index (χ1n) is 11.7. The van der Waals surface area contributed by atoms with Crippen molar-refractivity contribution in [3.05, 3.63) is 58.7 Å². The van der Waals surface area contributed by atoms with E-state index in [0.717, 1.165) is 62.4 Å². The van der Waals surface area contributed by atoms with Crippen molar-refractivity contribution in [3.8, 4) is 0 Å². The molecule has 7 nitrogen and oxygen atoms in total. The van der Waals surface area contributed by atoms with Gasteiger partial charge in [0.05, 0.1) is 17.9 Å². The second-order valence-corrected chi connectivity index (χ2v) is 8.65. The smallest absolute Gasteiger partial charge is 0.257 e. The summed E-state index contributed by atoms with van der Waals surface area (Å²) < 4.78 is 5.43. The maximum Gasteiger partial charge on any atom is 0.257 e. The van der Waals surface area contributed by atoms with Crippen LogP contribution in [0.2, 0.25) is 0 Å². The van der Waals surface area contributed by atoms with Crippen LogP contribution in [-0.4, -0.2) is 64.4 Å². The number of rotatable bonds is 6. The van der Waals surface area contributed by atoms with Crippen molar-refractivity contribution < 1.29 is 14.3 Å². The maximum atomic E-state index is 13.1. The van der Waals surface area contributed by atoms with Crippen LogP contribution in [0.15, 0.2) is 30.5 Å². The number of hydrogen-bond acceptors (Lipinski definition) is 5. The van der Waals surface area contributed by atoms with Crippen LogP contribution in [0.3, 0.4) is 0 Å². The molecule has 1 aromatic heterocycles. The van der Waals surface area contributed by atoms with Gasteiger partial charge in [-0.3, -0.25) is 9.59 Å². The zero-order valence-corrected chi connectivity index (χ0v) is 19.0. The quantitative estimate of drug-likeness (QED) is 0.692. The van der Waals surface area contributed by atoms with Crippen molar-refractivity contribution in [2.75, 3.05) is 32.8 Å². The molecule has 1 unspecified atom stereocenters. The van der Waals surface area contributed by atoms with E-state index in [-0.39, 0.29) is 17.7 Å². The first kappa shape index (κ1) is 22.4. The third-order valence-electron chi connectivity index (χ3n) is 6.37. The molecular formula is C25H32N4O3. The number of hydrogen-bond donors (Lipinski definition) is 0. The van der Waals surface area contributed by atoms with Gasteiger partial charge < -0.3 is 14.5 Å². The first-order valence-corrected chi connectivity index (χ1v) is 11.7. The second-order valence-electron chi connectivity index (χ2n) is 8.65. The Morgan fingerprint density at radius 1 is 1.03 bits per heavy atom. The topological polar surface area (TPSA) is 75.6 Å². The van der Waals surface area contributed by atoms with E-state index in [9.17, 15) is 9.59 Å². The van der Waals surface area contributed by atoms with E-state index in [1.165, 1.54) is 0 Å². The lowest BCUT2D eigenvalue weighted by molar-refractivity contribution is 0.0704. The van der Waals surface area contributed by atoms with E-state index in [0.29, 0.717) is 30.9 Å². The van der Waals surface area contributed by atoms with E-state index in [2.05, 4.69) is 9.97 Å². The number of ether oxygens (including phenoxy) is 1. The number of amides is 2. The van der Waals surface area contributed by atoms with Gasteiger partial charge in [0.2, 0.25) is 0 Å². The Morgan fingerprint density at radius 3 is 2.44 bits per heavy atom. The van der Waals surface area contributed by atoms with Crippen LogP contribution in [0.5, 0.6) is 0 Å². The molecular weight excluding hydrogens is 404 g/mol. The van der Waals surface area contributed by atoms with Crippen molar-refractivity contribution in [3.63, 3.8) is 0 Å². The number of benzene rings is 1. The van der Waals surface area contributed by atoms with Gasteiger partial charge in [-0.05, 0) is 57.2 Å². The summed E-state index contributed by atoms with van der Waals surface area (Å²) in [5.74, 6) is 0.875. The third kappa shape index (κ3) is 4.99. The highest BCUT2D eigenvalue weighted by Gasteiger charge is 2.28. The minimum absolute atomic E-state index is 0.0276. The summed E-state index contributed by atoms with van der Waals surface area (Å²) in [6, 6.07) is 7.65. The molecule has 2 amide bonds. The van der Waals surface area contributed by atoms with Crippen molar-refractivity contribution in [1.82, 2.24) is 19.8 Å². The predicted octanol–water partition coefficient (Wildman–Crippen LogP) is 3.58. The fourth-order valence-corrected chi connectivity index (χ4v) is 4.50. The van der Waals surface area contributed by atoms with Gasteiger partial charge in [0.1, 0.15) is 5.82 Å². The molecule has 2 aliphatic heterocycles. The summed E-state index contributed by atoms with van der Waals surface area (Å²) in [7, 11) is 0.